The SMILES string of the molecule is COCCN(C(=O)CC(C)N)C1CCS(=O)(=O)C1. The summed E-state index contributed by atoms with van der Waals surface area (Å²) in [5, 5.41) is 0. The minimum absolute atomic E-state index is 0.0570. The third-order valence-corrected chi connectivity index (χ3v) is 4.75. The van der Waals surface area contributed by atoms with Crippen molar-refractivity contribution in [3.63, 3.8) is 0 Å². The lowest BCUT2D eigenvalue weighted by Crippen LogP contribution is -2.44. The van der Waals surface area contributed by atoms with Gasteiger partial charge in [0.2, 0.25) is 5.91 Å². The molecule has 1 aliphatic rings. The Morgan fingerprint density at radius 1 is 1.56 bits per heavy atom. The van der Waals surface area contributed by atoms with Crippen molar-refractivity contribution >= 4 is 15.7 Å². The lowest BCUT2D eigenvalue weighted by atomic mass is 10.1. The number of amides is 1. The summed E-state index contributed by atoms with van der Waals surface area (Å²) >= 11 is 0. The van der Waals surface area contributed by atoms with Crippen molar-refractivity contribution in [2.75, 3.05) is 31.8 Å². The quantitative estimate of drug-likeness (QED) is 0.700. The highest BCUT2D eigenvalue weighted by Crippen LogP contribution is 2.18. The van der Waals surface area contributed by atoms with Gasteiger partial charge in [-0.15, -0.1) is 0 Å². The first-order valence-electron chi connectivity index (χ1n) is 6.10. The molecule has 18 heavy (non-hydrogen) atoms. The van der Waals surface area contributed by atoms with Gasteiger partial charge in [-0.1, -0.05) is 0 Å². The van der Waals surface area contributed by atoms with Gasteiger partial charge in [0.1, 0.15) is 0 Å². The van der Waals surface area contributed by atoms with Gasteiger partial charge in [-0.25, -0.2) is 8.42 Å². The highest BCUT2D eigenvalue weighted by atomic mass is 32.2. The number of hydrogen-bond acceptors (Lipinski definition) is 5. The first-order chi connectivity index (χ1) is 8.35. The van der Waals surface area contributed by atoms with E-state index in [2.05, 4.69) is 0 Å². The van der Waals surface area contributed by atoms with E-state index in [0.29, 0.717) is 19.6 Å². The summed E-state index contributed by atoms with van der Waals surface area (Å²) < 4.78 is 27.9. The van der Waals surface area contributed by atoms with Gasteiger partial charge in [-0.05, 0) is 13.3 Å². The third-order valence-electron chi connectivity index (χ3n) is 3.00. The Morgan fingerprint density at radius 2 is 2.22 bits per heavy atom. The van der Waals surface area contributed by atoms with Crippen LogP contribution in [0.5, 0.6) is 0 Å². The molecule has 6 nitrogen and oxygen atoms in total. The fraction of sp³-hybridized carbons (Fsp3) is 0.909. The smallest absolute Gasteiger partial charge is 0.224 e. The monoisotopic (exact) mass is 278 g/mol. The maximum atomic E-state index is 12.1. The number of nitrogens with zero attached hydrogens (tertiary/aromatic N) is 1. The number of carbonyl (C=O) groups excluding carboxylic acids is 1. The van der Waals surface area contributed by atoms with E-state index >= 15 is 0 Å². The number of sulfone groups is 1. The van der Waals surface area contributed by atoms with Crippen molar-refractivity contribution in [3.8, 4) is 0 Å². The number of methoxy groups -OCH3 is 1. The van der Waals surface area contributed by atoms with Crippen molar-refractivity contribution in [1.82, 2.24) is 4.90 Å². The van der Waals surface area contributed by atoms with Gasteiger partial charge in [0.25, 0.3) is 0 Å². The maximum absolute atomic E-state index is 12.1. The summed E-state index contributed by atoms with van der Waals surface area (Å²) in [6, 6.07) is -0.447. The molecule has 0 aromatic heterocycles. The summed E-state index contributed by atoms with van der Waals surface area (Å²) in [5.41, 5.74) is 5.61. The zero-order chi connectivity index (χ0) is 13.8. The average molecular weight is 278 g/mol. The molecule has 2 unspecified atom stereocenters. The predicted octanol–water partition coefficient (Wildman–Crippen LogP) is -0.614. The molecule has 1 heterocycles. The molecular formula is C11H22N2O4S. The van der Waals surface area contributed by atoms with E-state index in [1.807, 2.05) is 0 Å². The van der Waals surface area contributed by atoms with Crippen molar-refractivity contribution in [2.24, 2.45) is 5.73 Å². The summed E-state index contributed by atoms with van der Waals surface area (Å²) in [7, 11) is -1.44. The van der Waals surface area contributed by atoms with Crippen LogP contribution >= 0.6 is 0 Å². The molecule has 7 heteroatoms. The Bertz CT molecular complexity index is 381. The van der Waals surface area contributed by atoms with Gasteiger partial charge in [-0.2, -0.15) is 0 Å². The molecule has 2 atom stereocenters. The molecule has 0 spiro atoms. The lowest BCUT2D eigenvalue weighted by Gasteiger charge is -2.28. The van der Waals surface area contributed by atoms with Gasteiger partial charge < -0.3 is 15.4 Å². The minimum atomic E-state index is -2.99. The molecule has 0 aromatic carbocycles. The third kappa shape index (κ3) is 4.55. The predicted molar refractivity (Wildman–Crippen MR) is 68.9 cm³/mol. The fourth-order valence-corrected chi connectivity index (χ4v) is 3.85. The number of carbonyl (C=O) groups is 1. The average Bonchev–Trinajstić information content (AvgIpc) is 2.58. The molecule has 106 valence electrons. The number of nitrogens with two attached hydrogens (primary N) is 1. The van der Waals surface area contributed by atoms with Crippen molar-refractivity contribution in [1.29, 1.82) is 0 Å². The van der Waals surface area contributed by atoms with E-state index in [1.54, 1.807) is 18.9 Å². The topological polar surface area (TPSA) is 89.7 Å². The Kier molecular flexibility index (Phi) is 5.55. The number of hydrogen-bond donors (Lipinski definition) is 1. The molecule has 2 N–H and O–H groups in total. The van der Waals surface area contributed by atoms with Crippen LogP contribution in [-0.4, -0.2) is 63.1 Å². The maximum Gasteiger partial charge on any atom is 0.224 e. The van der Waals surface area contributed by atoms with E-state index in [9.17, 15) is 13.2 Å². The summed E-state index contributed by atoms with van der Waals surface area (Å²) in [6.45, 7) is 2.58. The molecule has 0 aliphatic carbocycles. The summed E-state index contributed by atoms with van der Waals surface area (Å²) in [4.78, 5) is 13.7. The first kappa shape index (κ1) is 15.4. The molecule has 1 amide bonds. The van der Waals surface area contributed by atoms with Gasteiger partial charge in [-0.3, -0.25) is 4.79 Å². The van der Waals surface area contributed by atoms with E-state index in [-0.39, 0.29) is 35.9 Å². The second kappa shape index (κ2) is 6.49. The van der Waals surface area contributed by atoms with Crippen molar-refractivity contribution < 1.29 is 17.9 Å². The zero-order valence-corrected chi connectivity index (χ0v) is 11.8. The normalized spacial score (nSPS) is 23.8. The zero-order valence-electron chi connectivity index (χ0n) is 11.0. The fourth-order valence-electron chi connectivity index (χ4n) is 2.11. The molecule has 1 saturated heterocycles. The number of rotatable bonds is 6. The van der Waals surface area contributed by atoms with E-state index < -0.39 is 9.84 Å². The minimum Gasteiger partial charge on any atom is -0.383 e. The molecule has 1 rings (SSSR count). The standard InChI is InChI=1S/C11H22N2O4S/c1-9(12)7-11(14)13(4-5-17-2)10-3-6-18(15,16)8-10/h9-10H,3-8,12H2,1-2H3. The Hall–Kier alpha value is -0.660. The molecule has 1 aliphatic heterocycles. The summed E-state index contributed by atoms with van der Waals surface area (Å²) in [6.07, 6.45) is 0.747. The van der Waals surface area contributed by atoms with Crippen molar-refractivity contribution in [3.05, 3.63) is 0 Å². The van der Waals surface area contributed by atoms with Crippen LogP contribution < -0.4 is 5.73 Å². The highest BCUT2D eigenvalue weighted by Gasteiger charge is 2.34. The molecule has 1 fully saturated rings. The van der Waals surface area contributed by atoms with E-state index in [0.717, 1.165) is 0 Å². The molecule has 0 saturated carbocycles. The molecule has 0 bridgehead atoms. The highest BCUT2D eigenvalue weighted by molar-refractivity contribution is 7.91. The first-order valence-corrected chi connectivity index (χ1v) is 7.92. The Morgan fingerprint density at radius 3 is 2.67 bits per heavy atom. The lowest BCUT2D eigenvalue weighted by molar-refractivity contribution is -0.134. The van der Waals surface area contributed by atoms with Crippen LogP contribution in [0.15, 0.2) is 0 Å². The van der Waals surface area contributed by atoms with Gasteiger partial charge in [0.05, 0.1) is 18.1 Å². The van der Waals surface area contributed by atoms with Crippen molar-refractivity contribution in [2.45, 2.75) is 31.8 Å². The van der Waals surface area contributed by atoms with Crippen LogP contribution in [0.25, 0.3) is 0 Å². The Balaban J connectivity index is 2.69. The van der Waals surface area contributed by atoms with Crippen LogP contribution in [0.3, 0.4) is 0 Å². The molecular weight excluding hydrogens is 256 g/mol. The van der Waals surface area contributed by atoms with Gasteiger partial charge in [0.15, 0.2) is 9.84 Å². The number of ether oxygens (including phenoxy) is 1. The van der Waals surface area contributed by atoms with Crippen LogP contribution in [0.1, 0.15) is 19.8 Å². The summed E-state index contributed by atoms with van der Waals surface area (Å²) in [5.74, 6) is 0.123. The second-order valence-corrected chi connectivity index (χ2v) is 7.05. The Labute approximate surface area is 108 Å². The van der Waals surface area contributed by atoms with Crippen LogP contribution in [0.2, 0.25) is 0 Å². The van der Waals surface area contributed by atoms with Crippen LogP contribution in [0.4, 0.5) is 0 Å². The molecule has 0 radical (unpaired) electrons. The van der Waals surface area contributed by atoms with E-state index in [4.69, 9.17) is 10.5 Å². The molecule has 0 aromatic rings. The van der Waals surface area contributed by atoms with E-state index in [1.165, 1.54) is 0 Å². The van der Waals surface area contributed by atoms with Gasteiger partial charge >= 0.3 is 0 Å². The van der Waals surface area contributed by atoms with Gasteiger partial charge in [0, 0.05) is 32.2 Å². The largest absolute Gasteiger partial charge is 0.383 e. The van der Waals surface area contributed by atoms with Crippen LogP contribution in [0, 0.1) is 0 Å². The van der Waals surface area contributed by atoms with Crippen LogP contribution in [-0.2, 0) is 19.4 Å². The second-order valence-electron chi connectivity index (χ2n) is 4.82.